The van der Waals surface area contributed by atoms with Gasteiger partial charge in [-0.05, 0) is 52.2 Å². The molecule has 1 aromatic carbocycles. The molecule has 1 aliphatic heterocycles. The highest BCUT2D eigenvalue weighted by Crippen LogP contribution is 2.38. The molecule has 0 amide bonds. The first kappa shape index (κ1) is 19.2. The van der Waals surface area contributed by atoms with Gasteiger partial charge in [-0.25, -0.2) is 0 Å². The van der Waals surface area contributed by atoms with Crippen LogP contribution < -0.4 is 0 Å². The highest BCUT2D eigenvalue weighted by molar-refractivity contribution is 6.04. The van der Waals surface area contributed by atoms with Gasteiger partial charge in [0.25, 0.3) is 0 Å². The lowest BCUT2D eigenvalue weighted by molar-refractivity contribution is -0.142. The Hall–Kier alpha value is -2.17. The molecule has 1 heterocycles. The fraction of sp³-hybridized carbons (Fsp3) is 0.550. The second-order valence-corrected chi connectivity index (χ2v) is 7.43. The number of benzene rings is 1. The number of carboxylic acids is 1. The van der Waals surface area contributed by atoms with E-state index in [0.717, 1.165) is 22.4 Å². The van der Waals surface area contributed by atoms with Crippen molar-refractivity contribution in [1.82, 2.24) is 0 Å². The zero-order valence-corrected chi connectivity index (χ0v) is 15.7. The second-order valence-electron chi connectivity index (χ2n) is 7.43. The van der Waals surface area contributed by atoms with Crippen molar-refractivity contribution in [3.8, 4) is 0 Å². The Balaban J connectivity index is 2.24. The van der Waals surface area contributed by atoms with Crippen LogP contribution in [-0.2, 0) is 14.4 Å². The molecule has 0 radical (unpaired) electrons. The van der Waals surface area contributed by atoms with Gasteiger partial charge in [0.15, 0.2) is 0 Å². The predicted octanol–water partition coefficient (Wildman–Crippen LogP) is 3.96. The van der Waals surface area contributed by atoms with E-state index in [9.17, 15) is 14.7 Å². The number of Topliss-reactive ketones (excluding diaryl/α,β-unsaturated/α-hetero) is 1. The van der Waals surface area contributed by atoms with Gasteiger partial charge in [0.05, 0.1) is 12.1 Å². The lowest BCUT2D eigenvalue weighted by Gasteiger charge is -2.30. The van der Waals surface area contributed by atoms with E-state index in [1.54, 1.807) is 0 Å². The molecule has 0 aliphatic carbocycles. The summed E-state index contributed by atoms with van der Waals surface area (Å²) in [6.07, 6.45) is 1.37. The maximum atomic E-state index is 11.3. The maximum absolute atomic E-state index is 11.3. The summed E-state index contributed by atoms with van der Waals surface area (Å²) in [6, 6.07) is 4.23. The highest BCUT2D eigenvalue weighted by atomic mass is 16.7. The second kappa shape index (κ2) is 7.38. The van der Waals surface area contributed by atoms with Gasteiger partial charge in [-0.1, -0.05) is 22.9 Å². The molecule has 0 aromatic heterocycles. The van der Waals surface area contributed by atoms with Crippen LogP contribution in [0.3, 0.4) is 0 Å². The molecule has 0 saturated carbocycles. The molecule has 136 valence electrons. The first-order valence-corrected chi connectivity index (χ1v) is 8.67. The average Bonchev–Trinajstić information content (AvgIpc) is 2.85. The number of rotatable bonds is 7. The molecule has 0 bridgehead atoms. The number of aliphatic carboxylic acids is 1. The maximum Gasteiger partial charge on any atom is 0.303 e. The van der Waals surface area contributed by atoms with E-state index in [1.807, 2.05) is 6.92 Å². The normalized spacial score (nSPS) is 20.8. The lowest BCUT2D eigenvalue weighted by Crippen LogP contribution is -2.37. The predicted molar refractivity (Wildman–Crippen MR) is 97.0 cm³/mol. The minimum absolute atomic E-state index is 0.0293. The lowest BCUT2D eigenvalue weighted by atomic mass is 9.78. The van der Waals surface area contributed by atoms with Crippen molar-refractivity contribution in [3.63, 3.8) is 0 Å². The molecule has 5 nitrogen and oxygen atoms in total. The molecule has 1 aliphatic rings. The van der Waals surface area contributed by atoms with Crippen molar-refractivity contribution in [2.75, 3.05) is 0 Å². The van der Waals surface area contributed by atoms with E-state index in [-0.39, 0.29) is 18.1 Å². The van der Waals surface area contributed by atoms with Gasteiger partial charge >= 0.3 is 5.97 Å². The Morgan fingerprint density at radius 2 is 1.88 bits per heavy atom. The first-order chi connectivity index (χ1) is 11.6. The summed E-state index contributed by atoms with van der Waals surface area (Å²) < 4.78 is 0. The van der Waals surface area contributed by atoms with Crippen molar-refractivity contribution in [2.24, 2.45) is 11.1 Å². The largest absolute Gasteiger partial charge is 0.481 e. The third-order valence-electron chi connectivity index (χ3n) is 4.98. The smallest absolute Gasteiger partial charge is 0.303 e. The van der Waals surface area contributed by atoms with Crippen molar-refractivity contribution in [2.45, 2.75) is 65.9 Å². The molecule has 0 saturated heterocycles. The molecule has 0 spiro atoms. The quantitative estimate of drug-likeness (QED) is 0.811. The van der Waals surface area contributed by atoms with Crippen LogP contribution in [0, 0.1) is 26.7 Å². The van der Waals surface area contributed by atoms with E-state index in [0.29, 0.717) is 19.3 Å². The summed E-state index contributed by atoms with van der Waals surface area (Å²) in [7, 11) is 0. The fourth-order valence-corrected chi connectivity index (χ4v) is 3.76. The molecule has 25 heavy (non-hydrogen) atoms. The van der Waals surface area contributed by atoms with E-state index < -0.39 is 11.6 Å². The number of carbonyl (C=O) groups is 2. The van der Waals surface area contributed by atoms with E-state index in [4.69, 9.17) is 4.84 Å². The molecule has 5 heteroatoms. The third-order valence-corrected chi connectivity index (χ3v) is 4.98. The Bertz CT molecular complexity index is 699. The van der Waals surface area contributed by atoms with Gasteiger partial charge in [-0.2, -0.15) is 0 Å². The fourth-order valence-electron chi connectivity index (χ4n) is 3.76. The Morgan fingerprint density at radius 1 is 1.28 bits per heavy atom. The van der Waals surface area contributed by atoms with Gasteiger partial charge in [0.2, 0.25) is 0 Å². The minimum Gasteiger partial charge on any atom is -0.481 e. The molecule has 0 fully saturated rings. The number of carbonyl (C=O) groups excluding carboxylic acids is 1. The summed E-state index contributed by atoms with van der Waals surface area (Å²) in [4.78, 5) is 28.4. The number of aryl methyl sites for hydroxylation is 3. The van der Waals surface area contributed by atoms with Crippen LogP contribution >= 0.6 is 0 Å². The van der Waals surface area contributed by atoms with Gasteiger partial charge in [-0.3, -0.25) is 4.79 Å². The standard InChI is InChI=1S/C20H27NO4/c1-12-8-13(2)19(14(3)9-12)17-11-20(5,25-21-17)16(10-18(23)24)7-6-15(4)22/h8-9,16H,6-7,10-11H2,1-5H3,(H,23,24). The third kappa shape index (κ3) is 4.47. The number of oxime groups is 1. The van der Waals surface area contributed by atoms with Crippen LogP contribution in [0.1, 0.15) is 61.8 Å². The molecule has 2 rings (SSSR count). The summed E-state index contributed by atoms with van der Waals surface area (Å²) >= 11 is 0. The van der Waals surface area contributed by atoms with Gasteiger partial charge in [0, 0.05) is 24.3 Å². The topological polar surface area (TPSA) is 76.0 Å². The van der Waals surface area contributed by atoms with Gasteiger partial charge in [0.1, 0.15) is 11.4 Å². The van der Waals surface area contributed by atoms with Crippen LogP contribution in [-0.4, -0.2) is 28.2 Å². The molecular weight excluding hydrogens is 318 g/mol. The summed E-state index contributed by atoms with van der Waals surface area (Å²) in [5, 5.41) is 13.6. The van der Waals surface area contributed by atoms with Crippen LogP contribution in [0.4, 0.5) is 0 Å². The SMILES string of the molecule is CC(=O)CCC(CC(=O)O)C1(C)CC(c2c(C)cc(C)cc2C)=NO1. The van der Waals surface area contributed by atoms with Crippen molar-refractivity contribution < 1.29 is 19.5 Å². The van der Waals surface area contributed by atoms with Crippen LogP contribution in [0.25, 0.3) is 0 Å². The minimum atomic E-state index is -0.880. The van der Waals surface area contributed by atoms with Gasteiger partial charge in [-0.15, -0.1) is 0 Å². The van der Waals surface area contributed by atoms with E-state index in [1.165, 1.54) is 12.5 Å². The molecule has 1 N–H and O–H groups in total. The van der Waals surface area contributed by atoms with Crippen LogP contribution in [0.5, 0.6) is 0 Å². The van der Waals surface area contributed by atoms with Crippen LogP contribution in [0.2, 0.25) is 0 Å². The average molecular weight is 345 g/mol. The number of nitrogens with zero attached hydrogens (tertiary/aromatic N) is 1. The number of ketones is 1. The summed E-state index contributed by atoms with van der Waals surface area (Å²) in [5.74, 6) is -1.08. The Kier molecular flexibility index (Phi) is 5.65. The molecule has 2 unspecified atom stereocenters. The highest BCUT2D eigenvalue weighted by Gasteiger charge is 2.43. The molecular formula is C20H27NO4. The summed E-state index contributed by atoms with van der Waals surface area (Å²) in [5.41, 5.74) is 4.72. The Labute approximate surface area is 149 Å². The van der Waals surface area contributed by atoms with Crippen LogP contribution in [0.15, 0.2) is 17.3 Å². The van der Waals surface area contributed by atoms with Gasteiger partial charge < -0.3 is 14.7 Å². The van der Waals surface area contributed by atoms with Crippen molar-refractivity contribution in [1.29, 1.82) is 0 Å². The van der Waals surface area contributed by atoms with Crippen molar-refractivity contribution >= 4 is 17.5 Å². The number of hydrogen-bond donors (Lipinski definition) is 1. The number of hydrogen-bond acceptors (Lipinski definition) is 4. The van der Waals surface area contributed by atoms with Crippen molar-refractivity contribution in [3.05, 3.63) is 34.4 Å². The molecule has 2 atom stereocenters. The Morgan fingerprint density at radius 3 is 2.40 bits per heavy atom. The van der Waals surface area contributed by atoms with E-state index >= 15 is 0 Å². The zero-order chi connectivity index (χ0) is 18.8. The van der Waals surface area contributed by atoms with E-state index in [2.05, 4.69) is 38.1 Å². The summed E-state index contributed by atoms with van der Waals surface area (Å²) in [6.45, 7) is 9.59. The molecule has 1 aromatic rings. The zero-order valence-electron chi connectivity index (χ0n) is 15.7. The number of carboxylic acid groups (broad SMARTS) is 1. The monoisotopic (exact) mass is 345 g/mol. The first-order valence-electron chi connectivity index (χ1n) is 8.67.